The second-order valence-electron chi connectivity index (χ2n) is 8.80. The van der Waals surface area contributed by atoms with E-state index in [1.807, 2.05) is 60.4 Å². The molecule has 170 valence electrons. The number of nitrogens with zero attached hydrogens (tertiary/aromatic N) is 1. The normalized spacial score (nSPS) is 14.2. The van der Waals surface area contributed by atoms with Crippen LogP contribution >= 0.6 is 0 Å². The summed E-state index contributed by atoms with van der Waals surface area (Å²) in [6.45, 7) is 9.98. The van der Waals surface area contributed by atoms with Crippen LogP contribution in [-0.2, 0) is 11.4 Å². The number of benzene rings is 3. The SMILES string of the molecule is CCOc1cc(/C=C2\C(=O)N(CC(C)C)c3ccccc32)ccc1OCc1ccc(C)cc1. The van der Waals surface area contributed by atoms with E-state index in [2.05, 4.69) is 45.0 Å². The molecule has 4 nitrogen and oxygen atoms in total. The van der Waals surface area contributed by atoms with Crippen LogP contribution in [0.1, 0.15) is 43.0 Å². The molecule has 0 saturated carbocycles. The maximum Gasteiger partial charge on any atom is 0.259 e. The Balaban J connectivity index is 1.62. The van der Waals surface area contributed by atoms with Crippen molar-refractivity contribution in [1.29, 1.82) is 0 Å². The highest BCUT2D eigenvalue weighted by Gasteiger charge is 2.32. The average Bonchev–Trinajstić information content (AvgIpc) is 3.05. The van der Waals surface area contributed by atoms with E-state index >= 15 is 0 Å². The lowest BCUT2D eigenvalue weighted by Crippen LogP contribution is -2.30. The number of rotatable bonds is 8. The summed E-state index contributed by atoms with van der Waals surface area (Å²) in [7, 11) is 0. The molecule has 0 fully saturated rings. The van der Waals surface area contributed by atoms with Crippen LogP contribution in [-0.4, -0.2) is 19.1 Å². The zero-order chi connectivity index (χ0) is 23.4. The fourth-order valence-corrected chi connectivity index (χ4v) is 4.01. The van der Waals surface area contributed by atoms with Gasteiger partial charge in [-0.1, -0.05) is 67.9 Å². The van der Waals surface area contributed by atoms with Gasteiger partial charge in [-0.25, -0.2) is 0 Å². The Bertz CT molecular complexity index is 1160. The van der Waals surface area contributed by atoms with Gasteiger partial charge in [-0.3, -0.25) is 4.79 Å². The Labute approximate surface area is 196 Å². The van der Waals surface area contributed by atoms with Crippen LogP contribution in [0.5, 0.6) is 11.5 Å². The highest BCUT2D eigenvalue weighted by Crippen LogP contribution is 2.39. The highest BCUT2D eigenvalue weighted by atomic mass is 16.5. The Morgan fingerprint density at radius 3 is 2.42 bits per heavy atom. The van der Waals surface area contributed by atoms with E-state index in [9.17, 15) is 4.79 Å². The lowest BCUT2D eigenvalue weighted by molar-refractivity contribution is -0.113. The van der Waals surface area contributed by atoms with Gasteiger partial charge in [-0.15, -0.1) is 0 Å². The molecule has 0 bridgehead atoms. The third kappa shape index (κ3) is 5.11. The van der Waals surface area contributed by atoms with Gasteiger partial charge < -0.3 is 14.4 Å². The first-order chi connectivity index (χ1) is 16.0. The monoisotopic (exact) mass is 441 g/mol. The number of hydrogen-bond donors (Lipinski definition) is 0. The highest BCUT2D eigenvalue weighted by molar-refractivity contribution is 6.35. The molecule has 3 aromatic carbocycles. The van der Waals surface area contributed by atoms with Crippen LogP contribution in [0.4, 0.5) is 5.69 Å². The second kappa shape index (κ2) is 9.95. The summed E-state index contributed by atoms with van der Waals surface area (Å²) in [6, 6.07) is 22.1. The molecule has 0 atom stereocenters. The molecule has 0 aliphatic carbocycles. The number of hydrogen-bond acceptors (Lipinski definition) is 3. The first-order valence-corrected chi connectivity index (χ1v) is 11.5. The summed E-state index contributed by atoms with van der Waals surface area (Å²) in [5.41, 5.74) is 5.90. The van der Waals surface area contributed by atoms with E-state index in [1.54, 1.807) is 0 Å². The quantitative estimate of drug-likeness (QED) is 0.374. The van der Waals surface area contributed by atoms with Crippen molar-refractivity contribution in [1.82, 2.24) is 0 Å². The van der Waals surface area contributed by atoms with E-state index < -0.39 is 0 Å². The molecule has 0 radical (unpaired) electrons. The minimum absolute atomic E-state index is 0.0440. The molecule has 0 N–H and O–H groups in total. The van der Waals surface area contributed by atoms with Gasteiger partial charge in [0, 0.05) is 17.7 Å². The summed E-state index contributed by atoms with van der Waals surface area (Å²) in [5.74, 6) is 1.80. The van der Waals surface area contributed by atoms with Crippen molar-refractivity contribution < 1.29 is 14.3 Å². The molecule has 0 spiro atoms. The zero-order valence-corrected chi connectivity index (χ0v) is 19.8. The third-order valence-corrected chi connectivity index (χ3v) is 5.60. The molecule has 4 rings (SSSR count). The maximum atomic E-state index is 13.3. The Morgan fingerprint density at radius 1 is 0.939 bits per heavy atom. The second-order valence-corrected chi connectivity index (χ2v) is 8.80. The van der Waals surface area contributed by atoms with Crippen LogP contribution in [0, 0.1) is 12.8 Å². The van der Waals surface area contributed by atoms with Gasteiger partial charge >= 0.3 is 0 Å². The fraction of sp³-hybridized carbons (Fsp3) is 0.276. The molecular weight excluding hydrogens is 410 g/mol. The van der Waals surface area contributed by atoms with Crippen LogP contribution in [0.25, 0.3) is 11.6 Å². The first-order valence-electron chi connectivity index (χ1n) is 11.5. The lowest BCUT2D eigenvalue weighted by Gasteiger charge is -2.19. The van der Waals surface area contributed by atoms with Gasteiger partial charge in [0.1, 0.15) is 6.61 Å². The summed E-state index contributed by atoms with van der Waals surface area (Å²) in [4.78, 5) is 15.1. The maximum absolute atomic E-state index is 13.3. The molecule has 0 unspecified atom stereocenters. The summed E-state index contributed by atoms with van der Waals surface area (Å²) in [6.07, 6.45) is 1.95. The van der Waals surface area contributed by atoms with Crippen LogP contribution in [0.2, 0.25) is 0 Å². The van der Waals surface area contributed by atoms with Gasteiger partial charge in [-0.05, 0) is 55.2 Å². The van der Waals surface area contributed by atoms with Crippen LogP contribution in [0.15, 0.2) is 66.7 Å². The standard InChI is InChI=1S/C29H31NO3/c1-5-32-28-17-23(14-15-27(28)33-19-22-12-10-21(4)11-13-22)16-25-24-8-6-7-9-26(24)30(29(25)31)18-20(2)3/h6-17,20H,5,18-19H2,1-4H3/b25-16-. The van der Waals surface area contributed by atoms with Crippen molar-refractivity contribution in [2.24, 2.45) is 5.92 Å². The number of carbonyl (C=O) groups excluding carboxylic acids is 1. The topological polar surface area (TPSA) is 38.8 Å². The van der Waals surface area contributed by atoms with Crippen molar-refractivity contribution in [3.8, 4) is 11.5 Å². The first kappa shape index (κ1) is 22.7. The Morgan fingerprint density at radius 2 is 1.70 bits per heavy atom. The minimum atomic E-state index is 0.0440. The van der Waals surface area contributed by atoms with Gasteiger partial charge in [0.25, 0.3) is 5.91 Å². The number of carbonyl (C=O) groups is 1. The van der Waals surface area contributed by atoms with Gasteiger partial charge in [0.15, 0.2) is 11.5 Å². The molecule has 0 aromatic heterocycles. The van der Waals surface area contributed by atoms with Gasteiger partial charge in [-0.2, -0.15) is 0 Å². The van der Waals surface area contributed by atoms with Crippen molar-refractivity contribution in [3.05, 3.63) is 89.0 Å². The van der Waals surface area contributed by atoms with E-state index in [-0.39, 0.29) is 5.91 Å². The van der Waals surface area contributed by atoms with Gasteiger partial charge in [0.05, 0.1) is 12.3 Å². The molecule has 1 aliphatic rings. The largest absolute Gasteiger partial charge is 0.490 e. The summed E-state index contributed by atoms with van der Waals surface area (Å²) in [5, 5.41) is 0. The number of aryl methyl sites for hydroxylation is 1. The van der Waals surface area contributed by atoms with E-state index in [0.29, 0.717) is 42.7 Å². The Kier molecular flexibility index (Phi) is 6.83. The number of amides is 1. The summed E-state index contributed by atoms with van der Waals surface area (Å²) >= 11 is 0. The van der Waals surface area contributed by atoms with E-state index in [0.717, 1.165) is 22.4 Å². The Hall–Kier alpha value is -3.53. The molecule has 3 aromatic rings. The molecule has 4 heteroatoms. The lowest BCUT2D eigenvalue weighted by atomic mass is 10.0. The smallest absolute Gasteiger partial charge is 0.259 e. The fourth-order valence-electron chi connectivity index (χ4n) is 4.01. The molecule has 1 heterocycles. The summed E-state index contributed by atoms with van der Waals surface area (Å²) < 4.78 is 11.9. The average molecular weight is 442 g/mol. The molecule has 33 heavy (non-hydrogen) atoms. The number of anilines is 1. The number of fused-ring (bicyclic) bond motifs is 1. The zero-order valence-electron chi connectivity index (χ0n) is 19.8. The van der Waals surface area contributed by atoms with Crippen LogP contribution < -0.4 is 14.4 Å². The molecular formula is C29H31NO3. The van der Waals surface area contributed by atoms with Crippen molar-refractivity contribution >= 4 is 23.2 Å². The number of ether oxygens (including phenoxy) is 2. The predicted octanol–water partition coefficient (Wildman–Crippen LogP) is 6.52. The molecule has 1 aliphatic heterocycles. The molecule has 0 saturated heterocycles. The van der Waals surface area contributed by atoms with Gasteiger partial charge in [0.2, 0.25) is 0 Å². The van der Waals surface area contributed by atoms with E-state index in [1.165, 1.54) is 5.56 Å². The minimum Gasteiger partial charge on any atom is -0.490 e. The van der Waals surface area contributed by atoms with Crippen molar-refractivity contribution in [3.63, 3.8) is 0 Å². The predicted molar refractivity (Wildman–Crippen MR) is 135 cm³/mol. The van der Waals surface area contributed by atoms with Crippen LogP contribution in [0.3, 0.4) is 0 Å². The number of para-hydroxylation sites is 1. The van der Waals surface area contributed by atoms with E-state index in [4.69, 9.17) is 9.47 Å². The molecule has 1 amide bonds. The third-order valence-electron chi connectivity index (χ3n) is 5.60. The van der Waals surface area contributed by atoms with Crippen molar-refractivity contribution in [2.75, 3.05) is 18.1 Å². The van der Waals surface area contributed by atoms with Crippen molar-refractivity contribution in [2.45, 2.75) is 34.3 Å².